The summed E-state index contributed by atoms with van der Waals surface area (Å²) in [5.74, 6) is 0.366. The Morgan fingerprint density at radius 2 is 1.85 bits per heavy atom. The lowest BCUT2D eigenvalue weighted by Crippen LogP contribution is -2.47. The molecule has 3 aromatic rings. The Morgan fingerprint density at radius 3 is 2.64 bits per heavy atom. The molecule has 33 heavy (non-hydrogen) atoms. The van der Waals surface area contributed by atoms with Gasteiger partial charge in [-0.05, 0) is 54.3 Å². The third-order valence-corrected chi connectivity index (χ3v) is 6.39. The number of halogens is 2. The summed E-state index contributed by atoms with van der Waals surface area (Å²) in [6.07, 6.45) is 2.43. The van der Waals surface area contributed by atoms with Crippen LogP contribution < -0.4 is 9.64 Å². The van der Waals surface area contributed by atoms with Crippen molar-refractivity contribution in [3.8, 4) is 16.9 Å². The molecule has 0 unspecified atom stereocenters. The number of rotatable bonds is 3. The maximum atomic E-state index is 13.1. The normalized spacial score (nSPS) is 15.1. The molecule has 0 spiro atoms. The fourth-order valence-corrected chi connectivity index (χ4v) is 4.78. The van der Waals surface area contributed by atoms with Crippen molar-refractivity contribution < 1.29 is 14.3 Å². The zero-order valence-corrected chi connectivity index (χ0v) is 19.5. The summed E-state index contributed by atoms with van der Waals surface area (Å²) < 4.78 is 5.63. The van der Waals surface area contributed by atoms with E-state index in [4.69, 9.17) is 27.9 Å². The van der Waals surface area contributed by atoms with Crippen molar-refractivity contribution >= 4 is 40.8 Å². The average Bonchev–Trinajstić information content (AvgIpc) is 2.79. The van der Waals surface area contributed by atoms with Gasteiger partial charge in [-0.1, -0.05) is 47.0 Å². The Labute approximate surface area is 201 Å². The smallest absolute Gasteiger partial charge is 0.266 e. The molecular formula is C25H21Cl2N3O3. The number of hydrogen-bond donors (Lipinski definition) is 0. The highest BCUT2D eigenvalue weighted by Gasteiger charge is 2.31. The molecule has 0 aliphatic carbocycles. The molecular weight excluding hydrogens is 461 g/mol. The number of aryl methyl sites for hydroxylation is 1. The van der Waals surface area contributed by atoms with Gasteiger partial charge in [-0.2, -0.15) is 0 Å². The van der Waals surface area contributed by atoms with Crippen LogP contribution in [0.4, 0.5) is 5.82 Å². The molecule has 2 aromatic carbocycles. The van der Waals surface area contributed by atoms with E-state index in [1.165, 1.54) is 16.0 Å². The molecule has 0 radical (unpaired) electrons. The summed E-state index contributed by atoms with van der Waals surface area (Å²) in [6.45, 7) is 3.01. The van der Waals surface area contributed by atoms with Gasteiger partial charge in [0.2, 0.25) is 5.91 Å². The third-order valence-electron chi connectivity index (χ3n) is 5.96. The van der Waals surface area contributed by atoms with Crippen LogP contribution in [0.2, 0.25) is 10.0 Å². The molecule has 3 heterocycles. The van der Waals surface area contributed by atoms with E-state index in [-0.39, 0.29) is 25.0 Å². The summed E-state index contributed by atoms with van der Waals surface area (Å²) in [5.41, 5.74) is 5.18. The number of amides is 2. The van der Waals surface area contributed by atoms with Crippen molar-refractivity contribution in [2.75, 3.05) is 24.6 Å². The van der Waals surface area contributed by atoms with Gasteiger partial charge in [0, 0.05) is 34.9 Å². The number of nitrogens with zero attached hydrogens (tertiary/aromatic N) is 3. The number of hydrogen-bond acceptors (Lipinski definition) is 4. The van der Waals surface area contributed by atoms with E-state index < -0.39 is 0 Å². The van der Waals surface area contributed by atoms with Crippen LogP contribution in [0.25, 0.3) is 11.1 Å². The first-order chi connectivity index (χ1) is 15.9. The molecule has 1 aromatic heterocycles. The fourth-order valence-electron chi connectivity index (χ4n) is 4.25. The van der Waals surface area contributed by atoms with Crippen molar-refractivity contribution in [2.45, 2.75) is 19.9 Å². The molecule has 2 amide bonds. The highest BCUT2D eigenvalue weighted by Crippen LogP contribution is 2.35. The van der Waals surface area contributed by atoms with Crippen molar-refractivity contribution in [1.29, 1.82) is 0 Å². The van der Waals surface area contributed by atoms with Crippen LogP contribution in [-0.2, 0) is 22.6 Å². The summed E-state index contributed by atoms with van der Waals surface area (Å²) in [7, 11) is 0. The van der Waals surface area contributed by atoms with Gasteiger partial charge in [-0.25, -0.2) is 4.98 Å². The van der Waals surface area contributed by atoms with Gasteiger partial charge in [-0.15, -0.1) is 0 Å². The Bertz CT molecular complexity index is 1260. The zero-order chi connectivity index (χ0) is 23.1. The van der Waals surface area contributed by atoms with E-state index in [1.54, 1.807) is 35.4 Å². The monoisotopic (exact) mass is 481 g/mol. The van der Waals surface area contributed by atoms with Crippen LogP contribution in [0.5, 0.6) is 5.75 Å². The number of pyridine rings is 1. The van der Waals surface area contributed by atoms with Gasteiger partial charge in [0.25, 0.3) is 5.91 Å². The van der Waals surface area contributed by atoms with E-state index in [9.17, 15) is 9.59 Å². The second-order valence-electron chi connectivity index (χ2n) is 8.31. The molecule has 168 valence electrons. The van der Waals surface area contributed by atoms with Crippen LogP contribution in [0, 0.1) is 6.92 Å². The number of fused-ring (bicyclic) bond motifs is 2. The summed E-state index contributed by atoms with van der Waals surface area (Å²) in [5, 5.41) is 1.02. The number of anilines is 1. The molecule has 2 aliphatic heterocycles. The highest BCUT2D eigenvalue weighted by atomic mass is 35.5. The standard InChI is InChI=1S/C25H21Cl2N3O3/c1-15-2-3-17-12-29(5-4-16(17)6-15)23(31)13-30-24(32)14-33-22-9-19(11-28-25(22)30)18-7-20(26)10-21(27)8-18/h2-3,6-11H,4-5,12-14H2,1H3. The predicted molar refractivity (Wildman–Crippen MR) is 128 cm³/mol. The van der Waals surface area contributed by atoms with E-state index in [0.717, 1.165) is 23.1 Å². The van der Waals surface area contributed by atoms with E-state index in [1.807, 2.05) is 0 Å². The number of aromatic nitrogens is 1. The molecule has 0 N–H and O–H groups in total. The van der Waals surface area contributed by atoms with E-state index >= 15 is 0 Å². The maximum Gasteiger partial charge on any atom is 0.266 e. The number of benzene rings is 2. The van der Waals surface area contributed by atoms with Crippen LogP contribution in [0.3, 0.4) is 0 Å². The lowest BCUT2D eigenvalue weighted by atomic mass is 9.97. The van der Waals surface area contributed by atoms with Gasteiger partial charge in [-0.3, -0.25) is 14.5 Å². The molecule has 2 aliphatic rings. The Hall–Kier alpha value is -3.09. The maximum absolute atomic E-state index is 13.1. The molecule has 0 bridgehead atoms. The van der Waals surface area contributed by atoms with Crippen molar-refractivity contribution in [3.63, 3.8) is 0 Å². The van der Waals surface area contributed by atoms with Crippen LogP contribution in [-0.4, -0.2) is 41.4 Å². The number of ether oxygens (including phenoxy) is 1. The number of carbonyl (C=O) groups is 2. The Balaban J connectivity index is 1.37. The second-order valence-corrected chi connectivity index (χ2v) is 9.18. The van der Waals surface area contributed by atoms with Gasteiger partial charge < -0.3 is 9.64 Å². The Kier molecular flexibility index (Phi) is 5.72. The van der Waals surface area contributed by atoms with Gasteiger partial charge in [0.15, 0.2) is 18.2 Å². The minimum atomic E-state index is -0.296. The number of carbonyl (C=O) groups excluding carboxylic acids is 2. The van der Waals surface area contributed by atoms with Crippen molar-refractivity contribution in [3.05, 3.63) is 75.4 Å². The third kappa shape index (κ3) is 4.41. The zero-order valence-electron chi connectivity index (χ0n) is 18.0. The van der Waals surface area contributed by atoms with Crippen LogP contribution in [0.1, 0.15) is 16.7 Å². The van der Waals surface area contributed by atoms with Crippen molar-refractivity contribution in [1.82, 2.24) is 9.88 Å². The van der Waals surface area contributed by atoms with Crippen LogP contribution >= 0.6 is 23.2 Å². The lowest BCUT2D eigenvalue weighted by molar-refractivity contribution is -0.132. The SMILES string of the molecule is Cc1ccc2c(c1)CCN(C(=O)CN1C(=O)COc3cc(-c4cc(Cl)cc(Cl)c4)cnc31)C2. The van der Waals surface area contributed by atoms with Gasteiger partial charge in [0.1, 0.15) is 6.54 Å². The summed E-state index contributed by atoms with van der Waals surface area (Å²) in [6, 6.07) is 13.3. The fraction of sp³-hybridized carbons (Fsp3) is 0.240. The predicted octanol–water partition coefficient (Wildman–Crippen LogP) is 4.67. The first-order valence-corrected chi connectivity index (χ1v) is 11.4. The van der Waals surface area contributed by atoms with E-state index in [0.29, 0.717) is 34.7 Å². The largest absolute Gasteiger partial charge is 0.480 e. The molecule has 0 fully saturated rings. The van der Waals surface area contributed by atoms with E-state index in [2.05, 4.69) is 30.1 Å². The molecule has 6 nitrogen and oxygen atoms in total. The molecule has 5 rings (SSSR count). The Morgan fingerprint density at radius 1 is 1.06 bits per heavy atom. The average molecular weight is 482 g/mol. The second kappa shape index (κ2) is 8.69. The van der Waals surface area contributed by atoms with Crippen LogP contribution in [0.15, 0.2) is 48.7 Å². The van der Waals surface area contributed by atoms with Crippen molar-refractivity contribution in [2.24, 2.45) is 0 Å². The minimum Gasteiger partial charge on any atom is -0.480 e. The first kappa shape index (κ1) is 21.7. The van der Waals surface area contributed by atoms with Gasteiger partial charge >= 0.3 is 0 Å². The summed E-state index contributed by atoms with van der Waals surface area (Å²) >= 11 is 12.2. The minimum absolute atomic E-state index is 0.0777. The highest BCUT2D eigenvalue weighted by molar-refractivity contribution is 6.35. The topological polar surface area (TPSA) is 62.7 Å². The summed E-state index contributed by atoms with van der Waals surface area (Å²) in [4.78, 5) is 33.4. The molecule has 0 saturated heterocycles. The molecule has 0 saturated carbocycles. The molecule has 8 heteroatoms. The first-order valence-electron chi connectivity index (χ1n) is 10.6. The quantitative estimate of drug-likeness (QED) is 0.544. The van der Waals surface area contributed by atoms with Gasteiger partial charge in [0.05, 0.1) is 0 Å². The lowest BCUT2D eigenvalue weighted by Gasteiger charge is -2.33. The molecule has 0 atom stereocenters.